The summed E-state index contributed by atoms with van der Waals surface area (Å²) in [5.41, 5.74) is 1.86. The standard InChI is InChI=1S/C18H20F2N2OS2/c1-3-16(12-4-8-14(23-2)9-5-12)22-18(24)21-13-6-10-15(11-7-13)25-17(19)20/h4-11,16-17H,3H2,1-2H3,(H2,21,22,24)/t16-/m1/s1. The van der Waals surface area contributed by atoms with Crippen molar-refractivity contribution in [2.45, 2.75) is 30.0 Å². The van der Waals surface area contributed by atoms with Gasteiger partial charge in [0.2, 0.25) is 0 Å². The van der Waals surface area contributed by atoms with Crippen molar-refractivity contribution in [1.82, 2.24) is 5.32 Å². The molecule has 0 spiro atoms. The number of hydrogen-bond acceptors (Lipinski definition) is 3. The molecular formula is C18H20F2N2OS2. The Morgan fingerprint density at radius 3 is 2.28 bits per heavy atom. The fourth-order valence-electron chi connectivity index (χ4n) is 2.30. The van der Waals surface area contributed by atoms with E-state index in [1.807, 2.05) is 24.3 Å². The SMILES string of the molecule is CC[C@@H](NC(=S)Nc1ccc(SC(F)F)cc1)c1ccc(OC)cc1. The van der Waals surface area contributed by atoms with Gasteiger partial charge in [-0.05, 0) is 60.6 Å². The second-order valence-electron chi connectivity index (χ2n) is 5.24. The van der Waals surface area contributed by atoms with Crippen LogP contribution in [-0.4, -0.2) is 18.0 Å². The lowest BCUT2D eigenvalue weighted by Gasteiger charge is -2.20. The summed E-state index contributed by atoms with van der Waals surface area (Å²) >= 11 is 5.88. The molecule has 0 fully saturated rings. The number of methoxy groups -OCH3 is 1. The van der Waals surface area contributed by atoms with Crippen LogP contribution >= 0.6 is 24.0 Å². The van der Waals surface area contributed by atoms with Crippen LogP contribution in [0.3, 0.4) is 0 Å². The molecule has 0 aliphatic carbocycles. The van der Waals surface area contributed by atoms with Crippen molar-refractivity contribution in [3.63, 3.8) is 0 Å². The van der Waals surface area contributed by atoms with E-state index in [-0.39, 0.29) is 6.04 Å². The maximum Gasteiger partial charge on any atom is 0.288 e. The van der Waals surface area contributed by atoms with Crippen molar-refractivity contribution < 1.29 is 13.5 Å². The fraction of sp³-hybridized carbons (Fsp3) is 0.278. The summed E-state index contributed by atoms with van der Waals surface area (Å²) in [5, 5.41) is 6.83. The molecule has 25 heavy (non-hydrogen) atoms. The van der Waals surface area contributed by atoms with Gasteiger partial charge in [-0.1, -0.05) is 30.8 Å². The molecule has 0 unspecified atom stereocenters. The minimum atomic E-state index is -2.42. The minimum Gasteiger partial charge on any atom is -0.497 e. The van der Waals surface area contributed by atoms with Crippen molar-refractivity contribution in [3.8, 4) is 5.75 Å². The highest BCUT2D eigenvalue weighted by molar-refractivity contribution is 7.99. The number of alkyl halides is 2. The van der Waals surface area contributed by atoms with Gasteiger partial charge in [-0.15, -0.1) is 0 Å². The van der Waals surface area contributed by atoms with Crippen molar-refractivity contribution in [2.24, 2.45) is 0 Å². The minimum absolute atomic E-state index is 0.0690. The Morgan fingerprint density at radius 2 is 1.76 bits per heavy atom. The smallest absolute Gasteiger partial charge is 0.288 e. The van der Waals surface area contributed by atoms with Crippen LogP contribution in [0.15, 0.2) is 53.4 Å². The number of hydrogen-bond donors (Lipinski definition) is 2. The second-order valence-corrected chi connectivity index (χ2v) is 6.71. The Morgan fingerprint density at radius 1 is 1.12 bits per heavy atom. The molecule has 0 heterocycles. The molecule has 3 nitrogen and oxygen atoms in total. The predicted octanol–water partition coefficient (Wildman–Crippen LogP) is 5.45. The number of halogens is 2. The van der Waals surface area contributed by atoms with Gasteiger partial charge in [-0.25, -0.2) is 0 Å². The van der Waals surface area contributed by atoms with E-state index >= 15 is 0 Å². The number of rotatable bonds is 7. The Balaban J connectivity index is 1.95. The average Bonchev–Trinajstić information content (AvgIpc) is 2.61. The lowest BCUT2D eigenvalue weighted by atomic mass is 10.0. The van der Waals surface area contributed by atoms with Crippen LogP contribution in [0.5, 0.6) is 5.75 Å². The molecule has 0 aliphatic rings. The Labute approximate surface area is 156 Å². The molecule has 7 heteroatoms. The number of ether oxygens (including phenoxy) is 1. The Hall–Kier alpha value is -1.86. The van der Waals surface area contributed by atoms with Crippen molar-refractivity contribution >= 4 is 34.8 Å². The zero-order valence-electron chi connectivity index (χ0n) is 14.0. The normalized spacial score (nSPS) is 11.9. The van der Waals surface area contributed by atoms with Gasteiger partial charge in [0.05, 0.1) is 13.2 Å². The highest BCUT2D eigenvalue weighted by Crippen LogP contribution is 2.26. The Bertz CT molecular complexity index is 678. The summed E-state index contributed by atoms with van der Waals surface area (Å²) in [4.78, 5) is 0.518. The number of nitrogens with one attached hydrogen (secondary N) is 2. The van der Waals surface area contributed by atoms with Crippen molar-refractivity contribution in [2.75, 3.05) is 12.4 Å². The largest absolute Gasteiger partial charge is 0.497 e. The Kier molecular flexibility index (Phi) is 7.46. The molecule has 1 atom stereocenters. The van der Waals surface area contributed by atoms with E-state index in [2.05, 4.69) is 17.6 Å². The summed E-state index contributed by atoms with van der Waals surface area (Å²) in [6, 6.07) is 14.6. The molecule has 2 N–H and O–H groups in total. The van der Waals surface area contributed by atoms with Gasteiger partial charge in [0.1, 0.15) is 5.75 Å². The molecule has 0 saturated heterocycles. The van der Waals surface area contributed by atoms with E-state index in [9.17, 15) is 8.78 Å². The lowest BCUT2D eigenvalue weighted by molar-refractivity contribution is 0.252. The maximum absolute atomic E-state index is 12.3. The van der Waals surface area contributed by atoms with Gasteiger partial charge in [0, 0.05) is 10.6 Å². The third-order valence-corrected chi connectivity index (χ3v) is 4.51. The topological polar surface area (TPSA) is 33.3 Å². The van der Waals surface area contributed by atoms with Crippen LogP contribution in [0.1, 0.15) is 24.9 Å². The van der Waals surface area contributed by atoms with Gasteiger partial charge in [-0.2, -0.15) is 8.78 Å². The molecule has 0 saturated carbocycles. The zero-order valence-corrected chi connectivity index (χ0v) is 15.6. The highest BCUT2D eigenvalue weighted by atomic mass is 32.2. The third kappa shape index (κ3) is 6.17. The van der Waals surface area contributed by atoms with E-state index in [0.717, 1.165) is 23.4 Å². The summed E-state index contributed by atoms with van der Waals surface area (Å²) < 4.78 is 29.8. The van der Waals surface area contributed by atoms with Crippen LogP contribution in [0.4, 0.5) is 14.5 Å². The third-order valence-electron chi connectivity index (χ3n) is 3.57. The molecule has 0 amide bonds. The van der Waals surface area contributed by atoms with Gasteiger partial charge in [-0.3, -0.25) is 0 Å². The average molecular weight is 383 g/mol. The number of benzene rings is 2. The number of thiocarbonyl (C=S) groups is 1. The molecule has 0 aromatic heterocycles. The molecule has 2 rings (SSSR count). The van der Waals surface area contributed by atoms with E-state index in [0.29, 0.717) is 21.8 Å². The molecule has 0 radical (unpaired) electrons. The first kappa shape index (κ1) is 19.5. The molecular weight excluding hydrogens is 362 g/mol. The lowest BCUT2D eigenvalue weighted by Crippen LogP contribution is -2.32. The predicted molar refractivity (Wildman–Crippen MR) is 104 cm³/mol. The molecule has 134 valence electrons. The second kappa shape index (κ2) is 9.58. The van der Waals surface area contributed by atoms with E-state index < -0.39 is 5.76 Å². The first-order chi connectivity index (χ1) is 12.0. The molecule has 0 bridgehead atoms. The summed E-state index contributed by atoms with van der Waals surface area (Å²) in [6.45, 7) is 2.07. The maximum atomic E-state index is 12.3. The van der Waals surface area contributed by atoms with Crippen LogP contribution in [0.2, 0.25) is 0 Å². The first-order valence-corrected chi connectivity index (χ1v) is 9.07. The quantitative estimate of drug-likeness (QED) is 0.492. The van der Waals surface area contributed by atoms with Gasteiger partial charge >= 0.3 is 0 Å². The summed E-state index contributed by atoms with van der Waals surface area (Å²) in [6.07, 6.45) is 0.859. The number of anilines is 1. The van der Waals surface area contributed by atoms with Crippen LogP contribution in [0.25, 0.3) is 0 Å². The summed E-state index contributed by atoms with van der Waals surface area (Å²) in [5.74, 6) is -1.61. The zero-order chi connectivity index (χ0) is 18.2. The molecule has 2 aromatic carbocycles. The van der Waals surface area contributed by atoms with E-state index in [4.69, 9.17) is 17.0 Å². The molecule has 0 aliphatic heterocycles. The van der Waals surface area contributed by atoms with Crippen LogP contribution < -0.4 is 15.4 Å². The molecule has 2 aromatic rings. The first-order valence-electron chi connectivity index (χ1n) is 7.78. The van der Waals surface area contributed by atoms with Crippen LogP contribution in [-0.2, 0) is 0 Å². The highest BCUT2D eigenvalue weighted by Gasteiger charge is 2.11. The number of thioether (sulfide) groups is 1. The van der Waals surface area contributed by atoms with Gasteiger partial charge in [0.15, 0.2) is 5.11 Å². The van der Waals surface area contributed by atoms with Crippen LogP contribution in [0, 0.1) is 0 Å². The van der Waals surface area contributed by atoms with E-state index in [1.54, 1.807) is 31.4 Å². The van der Waals surface area contributed by atoms with Gasteiger partial charge < -0.3 is 15.4 Å². The fourth-order valence-corrected chi connectivity index (χ4v) is 3.06. The van der Waals surface area contributed by atoms with Gasteiger partial charge in [0.25, 0.3) is 5.76 Å². The van der Waals surface area contributed by atoms with Crippen molar-refractivity contribution in [3.05, 3.63) is 54.1 Å². The monoisotopic (exact) mass is 382 g/mol. The summed E-state index contributed by atoms with van der Waals surface area (Å²) in [7, 11) is 1.63. The van der Waals surface area contributed by atoms with E-state index in [1.165, 1.54) is 0 Å². The van der Waals surface area contributed by atoms with Crippen molar-refractivity contribution in [1.29, 1.82) is 0 Å².